The number of aromatic nitrogens is 2. The first kappa shape index (κ1) is 9.26. The third-order valence-corrected chi connectivity index (χ3v) is 1.82. The molecular weight excluding hydrogens is 194 g/mol. The van der Waals surface area contributed by atoms with E-state index in [9.17, 15) is 8.78 Å². The van der Waals surface area contributed by atoms with E-state index in [0.29, 0.717) is 19.6 Å². The van der Waals surface area contributed by atoms with Crippen LogP contribution in [0.4, 0.5) is 8.78 Å². The van der Waals surface area contributed by atoms with Crippen LogP contribution in [0.2, 0.25) is 0 Å². The van der Waals surface area contributed by atoms with E-state index in [1.165, 1.54) is 0 Å². The predicted molar refractivity (Wildman–Crippen MR) is 41.8 cm³/mol. The van der Waals surface area contributed by atoms with Gasteiger partial charge in [-0.25, -0.2) is 0 Å². The van der Waals surface area contributed by atoms with E-state index in [0.717, 1.165) is 6.07 Å². The molecule has 0 radical (unpaired) electrons. The van der Waals surface area contributed by atoms with Gasteiger partial charge < -0.3 is 9.47 Å². The Morgan fingerprint density at radius 2 is 2.29 bits per heavy atom. The molecule has 1 fully saturated rings. The fraction of sp³-hybridized carbons (Fsp3) is 0.500. The minimum Gasteiger partial charge on any atom is -0.472 e. The van der Waals surface area contributed by atoms with Crippen molar-refractivity contribution in [2.75, 3.05) is 13.2 Å². The second kappa shape index (κ2) is 3.83. The lowest BCUT2D eigenvalue weighted by atomic mass is 10.3. The summed E-state index contributed by atoms with van der Waals surface area (Å²) >= 11 is 0. The Morgan fingerprint density at radius 3 is 2.93 bits per heavy atom. The first-order valence-electron chi connectivity index (χ1n) is 4.18. The normalized spacial score (nSPS) is 21.1. The molecule has 4 nitrogen and oxygen atoms in total. The van der Waals surface area contributed by atoms with Crippen LogP contribution in [-0.2, 0) is 4.74 Å². The van der Waals surface area contributed by atoms with E-state index in [4.69, 9.17) is 9.47 Å². The van der Waals surface area contributed by atoms with Crippen LogP contribution in [0.25, 0.3) is 0 Å². The molecule has 1 aromatic heterocycles. The van der Waals surface area contributed by atoms with Gasteiger partial charge in [-0.15, -0.1) is 0 Å². The van der Waals surface area contributed by atoms with Crippen LogP contribution in [0.5, 0.6) is 5.88 Å². The van der Waals surface area contributed by atoms with E-state index in [1.807, 2.05) is 0 Å². The number of rotatable bonds is 2. The van der Waals surface area contributed by atoms with Gasteiger partial charge >= 0.3 is 6.08 Å². The van der Waals surface area contributed by atoms with Gasteiger partial charge in [0.25, 0.3) is 0 Å². The molecule has 1 aromatic rings. The fourth-order valence-electron chi connectivity index (χ4n) is 1.21. The van der Waals surface area contributed by atoms with Gasteiger partial charge in [-0.2, -0.15) is 18.7 Å². The highest BCUT2D eigenvalue weighted by Gasteiger charge is 2.18. The highest BCUT2D eigenvalue weighted by atomic mass is 19.1. The smallest absolute Gasteiger partial charge is 0.314 e. The van der Waals surface area contributed by atoms with Crippen molar-refractivity contribution in [2.45, 2.75) is 12.5 Å². The van der Waals surface area contributed by atoms with Gasteiger partial charge in [0.15, 0.2) is 0 Å². The molecule has 2 rings (SSSR count). The molecule has 14 heavy (non-hydrogen) atoms. The molecule has 1 aliphatic rings. The summed E-state index contributed by atoms with van der Waals surface area (Å²) in [5.74, 6) is -1.03. The lowest BCUT2D eigenvalue weighted by Gasteiger charge is -2.09. The van der Waals surface area contributed by atoms with Gasteiger partial charge in [-0.05, 0) is 0 Å². The molecule has 1 saturated heterocycles. The van der Waals surface area contributed by atoms with Crippen molar-refractivity contribution in [3.63, 3.8) is 0 Å². The molecule has 0 aromatic carbocycles. The molecular formula is C8H8F2N2O2. The maximum absolute atomic E-state index is 12.6. The molecule has 0 bridgehead atoms. The van der Waals surface area contributed by atoms with E-state index in [-0.39, 0.29) is 12.0 Å². The number of nitrogens with zero attached hydrogens (tertiary/aromatic N) is 2. The minimum atomic E-state index is -1.13. The minimum absolute atomic E-state index is 0.0921. The Labute approximate surface area is 78.9 Å². The van der Waals surface area contributed by atoms with Crippen molar-refractivity contribution >= 4 is 0 Å². The summed E-state index contributed by atoms with van der Waals surface area (Å²) in [6, 6.07) is 0.946. The summed E-state index contributed by atoms with van der Waals surface area (Å²) in [6.07, 6.45) is -0.602. The van der Waals surface area contributed by atoms with Gasteiger partial charge in [-0.3, -0.25) is 0 Å². The third kappa shape index (κ3) is 2.14. The first-order valence-corrected chi connectivity index (χ1v) is 4.18. The van der Waals surface area contributed by atoms with Crippen LogP contribution in [0.1, 0.15) is 6.42 Å². The second-order valence-corrected chi connectivity index (χ2v) is 2.90. The number of halogens is 2. The summed E-state index contributed by atoms with van der Waals surface area (Å²) in [5, 5.41) is 0. The number of ether oxygens (including phenoxy) is 2. The predicted octanol–water partition coefficient (Wildman–Crippen LogP) is 0.922. The lowest BCUT2D eigenvalue weighted by Crippen LogP contribution is -2.17. The van der Waals surface area contributed by atoms with Crippen molar-refractivity contribution in [1.29, 1.82) is 0 Å². The quantitative estimate of drug-likeness (QED) is 0.528. The Balaban J connectivity index is 2.07. The van der Waals surface area contributed by atoms with Crippen LogP contribution < -0.4 is 4.74 Å². The van der Waals surface area contributed by atoms with Gasteiger partial charge in [0, 0.05) is 6.42 Å². The zero-order chi connectivity index (χ0) is 9.97. The SMILES string of the molecule is Fc1cc(O[C@@H]2CCOC2)nc(F)n1. The molecule has 0 unspecified atom stereocenters. The van der Waals surface area contributed by atoms with Crippen LogP contribution >= 0.6 is 0 Å². The lowest BCUT2D eigenvalue weighted by molar-refractivity contribution is 0.136. The summed E-state index contributed by atoms with van der Waals surface area (Å²) in [4.78, 5) is 6.16. The topological polar surface area (TPSA) is 44.2 Å². The van der Waals surface area contributed by atoms with Crippen LogP contribution in [0, 0.1) is 12.0 Å². The number of hydrogen-bond acceptors (Lipinski definition) is 4. The van der Waals surface area contributed by atoms with E-state index in [2.05, 4.69) is 9.97 Å². The van der Waals surface area contributed by atoms with Gasteiger partial charge in [-0.1, -0.05) is 0 Å². The molecule has 0 amide bonds. The zero-order valence-corrected chi connectivity index (χ0v) is 7.24. The van der Waals surface area contributed by atoms with Gasteiger partial charge in [0.05, 0.1) is 19.3 Å². The first-order chi connectivity index (χ1) is 6.74. The van der Waals surface area contributed by atoms with Gasteiger partial charge in [0.2, 0.25) is 11.8 Å². The van der Waals surface area contributed by atoms with Crippen molar-refractivity contribution in [2.24, 2.45) is 0 Å². The van der Waals surface area contributed by atoms with Crippen LogP contribution in [0.15, 0.2) is 6.07 Å². The van der Waals surface area contributed by atoms with Crippen molar-refractivity contribution in [1.82, 2.24) is 9.97 Å². The second-order valence-electron chi connectivity index (χ2n) is 2.90. The molecule has 0 spiro atoms. The highest BCUT2D eigenvalue weighted by Crippen LogP contribution is 2.14. The molecule has 1 aliphatic heterocycles. The Kier molecular flexibility index (Phi) is 2.53. The monoisotopic (exact) mass is 202 g/mol. The highest BCUT2D eigenvalue weighted by molar-refractivity contribution is 5.07. The molecule has 0 N–H and O–H groups in total. The molecule has 0 saturated carbocycles. The average Bonchev–Trinajstić information content (AvgIpc) is 2.54. The number of hydrogen-bond donors (Lipinski definition) is 0. The summed E-state index contributed by atoms with van der Waals surface area (Å²) in [7, 11) is 0. The summed E-state index contributed by atoms with van der Waals surface area (Å²) < 4.78 is 35.3. The summed E-state index contributed by atoms with van der Waals surface area (Å²) in [6.45, 7) is 1.02. The van der Waals surface area contributed by atoms with Crippen molar-refractivity contribution in [3.05, 3.63) is 18.1 Å². The van der Waals surface area contributed by atoms with E-state index in [1.54, 1.807) is 0 Å². The van der Waals surface area contributed by atoms with Gasteiger partial charge in [0.1, 0.15) is 6.10 Å². The Morgan fingerprint density at radius 1 is 1.43 bits per heavy atom. The standard InChI is InChI=1S/C8H8F2N2O2/c9-6-3-7(12-8(10)11-6)14-5-1-2-13-4-5/h3,5H,1-2,4H2/t5-/m1/s1. The molecule has 76 valence electrons. The maximum atomic E-state index is 12.6. The maximum Gasteiger partial charge on any atom is 0.314 e. The molecule has 1 atom stereocenters. The average molecular weight is 202 g/mol. The largest absolute Gasteiger partial charge is 0.472 e. The van der Waals surface area contributed by atoms with Crippen LogP contribution in [0.3, 0.4) is 0 Å². The van der Waals surface area contributed by atoms with Crippen LogP contribution in [-0.4, -0.2) is 29.3 Å². The van der Waals surface area contributed by atoms with E-state index < -0.39 is 12.0 Å². The van der Waals surface area contributed by atoms with E-state index >= 15 is 0 Å². The van der Waals surface area contributed by atoms with Crippen molar-refractivity contribution in [3.8, 4) is 5.88 Å². The fourth-order valence-corrected chi connectivity index (χ4v) is 1.21. The summed E-state index contributed by atoms with van der Waals surface area (Å²) in [5.41, 5.74) is 0. The zero-order valence-electron chi connectivity index (χ0n) is 7.24. The Bertz CT molecular complexity index is 309. The molecule has 0 aliphatic carbocycles. The Hall–Kier alpha value is -1.30. The molecule has 6 heteroatoms. The third-order valence-electron chi connectivity index (χ3n) is 1.82. The molecule has 2 heterocycles. The van der Waals surface area contributed by atoms with Crippen molar-refractivity contribution < 1.29 is 18.3 Å².